The third-order valence-corrected chi connectivity index (χ3v) is 6.23. The third kappa shape index (κ3) is 4.04. The van der Waals surface area contributed by atoms with E-state index < -0.39 is 9.84 Å². The van der Waals surface area contributed by atoms with Gasteiger partial charge in [0.1, 0.15) is 0 Å². The Morgan fingerprint density at radius 3 is 2.75 bits per heavy atom. The van der Waals surface area contributed by atoms with Crippen molar-refractivity contribution < 1.29 is 13.2 Å². The molecule has 0 aromatic carbocycles. The Kier molecular flexibility index (Phi) is 4.82. The van der Waals surface area contributed by atoms with Crippen LogP contribution < -0.4 is 0 Å². The highest BCUT2D eigenvalue weighted by molar-refractivity contribution is 7.91. The predicted molar refractivity (Wildman–Crippen MR) is 80.5 cm³/mol. The molecule has 1 saturated heterocycles. The summed E-state index contributed by atoms with van der Waals surface area (Å²) in [6, 6.07) is 3.94. The predicted octanol–water partition coefficient (Wildman–Crippen LogP) is 0.825. The van der Waals surface area contributed by atoms with Gasteiger partial charge in [-0.3, -0.25) is 9.69 Å². The summed E-state index contributed by atoms with van der Waals surface area (Å²) in [6.07, 6.45) is 0.626. The maximum Gasteiger partial charge on any atom is 0.236 e. The Morgan fingerprint density at radius 1 is 1.45 bits per heavy atom. The minimum atomic E-state index is -2.90. The van der Waals surface area contributed by atoms with Gasteiger partial charge in [0.2, 0.25) is 5.91 Å². The van der Waals surface area contributed by atoms with E-state index in [1.807, 2.05) is 29.5 Å². The number of amides is 1. The molecule has 2 rings (SSSR count). The van der Waals surface area contributed by atoms with Crippen LogP contribution in [-0.4, -0.2) is 62.3 Å². The van der Waals surface area contributed by atoms with Crippen LogP contribution in [0.15, 0.2) is 17.5 Å². The second kappa shape index (κ2) is 6.24. The van der Waals surface area contributed by atoms with Crippen molar-refractivity contribution in [1.82, 2.24) is 9.80 Å². The molecule has 0 radical (unpaired) electrons. The van der Waals surface area contributed by atoms with Crippen molar-refractivity contribution >= 4 is 27.1 Å². The summed E-state index contributed by atoms with van der Waals surface area (Å²) in [4.78, 5) is 16.8. The molecule has 1 aromatic heterocycles. The Hall–Kier alpha value is -0.920. The van der Waals surface area contributed by atoms with Gasteiger partial charge in [-0.15, -0.1) is 11.3 Å². The topological polar surface area (TPSA) is 57.7 Å². The summed E-state index contributed by atoms with van der Waals surface area (Å²) in [5.41, 5.74) is 0. The lowest BCUT2D eigenvalue weighted by Crippen LogP contribution is -2.41. The van der Waals surface area contributed by atoms with Crippen LogP contribution >= 0.6 is 11.3 Å². The van der Waals surface area contributed by atoms with Gasteiger partial charge in [0.15, 0.2) is 9.84 Å². The molecule has 1 aliphatic rings. The van der Waals surface area contributed by atoms with E-state index in [0.29, 0.717) is 13.0 Å². The minimum absolute atomic E-state index is 0.0187. The maximum absolute atomic E-state index is 12.1. The number of carbonyl (C=O) groups is 1. The third-order valence-electron chi connectivity index (χ3n) is 3.62. The second-order valence-corrected chi connectivity index (χ2v) is 8.56. The van der Waals surface area contributed by atoms with Crippen LogP contribution in [0, 0.1) is 0 Å². The van der Waals surface area contributed by atoms with E-state index in [9.17, 15) is 13.2 Å². The number of likely N-dealkylation sites (N-methyl/N-ethyl adjacent to an activating group) is 2. The highest BCUT2D eigenvalue weighted by Gasteiger charge is 2.31. The largest absolute Gasteiger partial charge is 0.340 e. The van der Waals surface area contributed by atoms with E-state index >= 15 is 0 Å². The van der Waals surface area contributed by atoms with Crippen LogP contribution in [0.3, 0.4) is 0 Å². The van der Waals surface area contributed by atoms with Crippen molar-refractivity contribution in [3.63, 3.8) is 0 Å². The second-order valence-electron chi connectivity index (χ2n) is 5.30. The molecule has 2 heterocycles. The first-order valence-electron chi connectivity index (χ1n) is 6.54. The van der Waals surface area contributed by atoms with Gasteiger partial charge in [-0.2, -0.15) is 0 Å². The fourth-order valence-corrected chi connectivity index (χ4v) is 4.87. The van der Waals surface area contributed by atoms with Gasteiger partial charge in [0.05, 0.1) is 24.6 Å². The maximum atomic E-state index is 12.1. The van der Waals surface area contributed by atoms with Crippen molar-refractivity contribution in [2.45, 2.75) is 19.0 Å². The first kappa shape index (κ1) is 15.5. The van der Waals surface area contributed by atoms with E-state index in [1.165, 1.54) is 0 Å². The number of hydrogen-bond donors (Lipinski definition) is 0. The van der Waals surface area contributed by atoms with E-state index in [4.69, 9.17) is 0 Å². The lowest BCUT2D eigenvalue weighted by molar-refractivity contribution is -0.131. The number of carbonyl (C=O) groups excluding carboxylic acids is 1. The average molecular weight is 316 g/mol. The first-order valence-corrected chi connectivity index (χ1v) is 9.24. The number of thiophene rings is 1. The van der Waals surface area contributed by atoms with Crippen molar-refractivity contribution in [1.29, 1.82) is 0 Å². The summed E-state index contributed by atoms with van der Waals surface area (Å²) in [5.74, 6) is 0.428. The molecule has 7 heteroatoms. The van der Waals surface area contributed by atoms with Crippen LogP contribution in [0.2, 0.25) is 0 Å². The molecule has 0 bridgehead atoms. The van der Waals surface area contributed by atoms with Crippen molar-refractivity contribution in [3.05, 3.63) is 22.4 Å². The Bertz CT molecular complexity index is 554. The van der Waals surface area contributed by atoms with Crippen molar-refractivity contribution in [2.24, 2.45) is 0 Å². The standard InChI is InChI=1S/C13H20N2O3S2/c1-14(11-5-7-20(17,18)10-11)9-13(16)15(2)8-12-4-3-6-19-12/h3-4,6,11H,5,7-10H2,1-2H3. The van der Waals surface area contributed by atoms with Crippen LogP contribution in [0.1, 0.15) is 11.3 Å². The molecular formula is C13H20N2O3S2. The van der Waals surface area contributed by atoms with Crippen molar-refractivity contribution in [3.8, 4) is 0 Å². The van der Waals surface area contributed by atoms with E-state index in [2.05, 4.69) is 0 Å². The zero-order chi connectivity index (χ0) is 14.8. The first-order chi connectivity index (χ1) is 9.37. The average Bonchev–Trinajstić information content (AvgIpc) is 2.98. The molecule has 1 fully saturated rings. The van der Waals surface area contributed by atoms with Gasteiger partial charge in [-0.25, -0.2) is 8.42 Å². The van der Waals surface area contributed by atoms with E-state index in [0.717, 1.165) is 4.88 Å². The number of rotatable bonds is 5. The Labute approximate surface area is 124 Å². The molecule has 0 aliphatic carbocycles. The number of nitrogens with zero attached hydrogens (tertiary/aromatic N) is 2. The summed E-state index contributed by atoms with van der Waals surface area (Å²) < 4.78 is 22.9. The smallest absolute Gasteiger partial charge is 0.236 e. The quantitative estimate of drug-likeness (QED) is 0.807. The van der Waals surface area contributed by atoms with E-state index in [-0.39, 0.29) is 30.0 Å². The zero-order valence-corrected chi connectivity index (χ0v) is 13.4. The van der Waals surface area contributed by atoms with Crippen LogP contribution in [-0.2, 0) is 21.2 Å². The van der Waals surface area contributed by atoms with Gasteiger partial charge in [-0.1, -0.05) is 6.07 Å². The summed E-state index contributed by atoms with van der Waals surface area (Å²) in [5, 5.41) is 1.99. The Balaban J connectivity index is 1.84. The van der Waals surface area contributed by atoms with Crippen LogP contribution in [0.4, 0.5) is 0 Å². The monoisotopic (exact) mass is 316 g/mol. The van der Waals surface area contributed by atoms with Crippen LogP contribution in [0.5, 0.6) is 0 Å². The highest BCUT2D eigenvalue weighted by atomic mass is 32.2. The summed E-state index contributed by atoms with van der Waals surface area (Å²) >= 11 is 1.63. The molecule has 5 nitrogen and oxygen atoms in total. The number of hydrogen-bond acceptors (Lipinski definition) is 5. The Morgan fingerprint density at radius 2 is 2.20 bits per heavy atom. The van der Waals surface area contributed by atoms with Gasteiger partial charge in [-0.05, 0) is 24.9 Å². The number of sulfone groups is 1. The normalized spacial score (nSPS) is 21.2. The summed E-state index contributed by atoms with van der Waals surface area (Å²) in [6.45, 7) is 0.870. The molecule has 1 aliphatic heterocycles. The SMILES string of the molecule is CN(Cc1cccs1)C(=O)CN(C)C1CCS(=O)(=O)C1. The van der Waals surface area contributed by atoms with Gasteiger partial charge >= 0.3 is 0 Å². The fourth-order valence-electron chi connectivity index (χ4n) is 2.31. The van der Waals surface area contributed by atoms with Crippen molar-refractivity contribution in [2.75, 3.05) is 32.1 Å². The fraction of sp³-hybridized carbons (Fsp3) is 0.615. The van der Waals surface area contributed by atoms with Crippen LogP contribution in [0.25, 0.3) is 0 Å². The highest BCUT2D eigenvalue weighted by Crippen LogP contribution is 2.17. The molecule has 0 spiro atoms. The molecule has 20 heavy (non-hydrogen) atoms. The lowest BCUT2D eigenvalue weighted by Gasteiger charge is -2.25. The molecule has 1 unspecified atom stereocenters. The molecular weight excluding hydrogens is 296 g/mol. The molecule has 1 amide bonds. The minimum Gasteiger partial charge on any atom is -0.340 e. The molecule has 112 valence electrons. The molecule has 0 N–H and O–H groups in total. The molecule has 1 aromatic rings. The lowest BCUT2D eigenvalue weighted by atomic mass is 10.2. The van der Waals surface area contributed by atoms with Gasteiger partial charge in [0.25, 0.3) is 0 Å². The van der Waals surface area contributed by atoms with Gasteiger partial charge in [0, 0.05) is 18.0 Å². The molecule has 1 atom stereocenters. The van der Waals surface area contributed by atoms with E-state index in [1.54, 1.807) is 23.3 Å². The molecule has 0 saturated carbocycles. The zero-order valence-electron chi connectivity index (χ0n) is 11.8. The summed E-state index contributed by atoms with van der Waals surface area (Å²) in [7, 11) is 0.698. The van der Waals surface area contributed by atoms with Gasteiger partial charge < -0.3 is 4.90 Å².